The number of piperidine rings is 1. The van der Waals surface area contributed by atoms with Gasteiger partial charge in [0.25, 0.3) is 0 Å². The first-order chi connectivity index (χ1) is 15.1. The molecule has 1 N–H and O–H groups in total. The molecule has 9 heteroatoms. The van der Waals surface area contributed by atoms with E-state index in [1.807, 2.05) is 23.4 Å². The van der Waals surface area contributed by atoms with Gasteiger partial charge in [-0.25, -0.2) is 4.98 Å². The van der Waals surface area contributed by atoms with Crippen LogP contribution in [0.3, 0.4) is 0 Å². The second-order valence-corrected chi connectivity index (χ2v) is 9.27. The van der Waals surface area contributed by atoms with Crippen LogP contribution in [0.25, 0.3) is 11.0 Å². The summed E-state index contributed by atoms with van der Waals surface area (Å²) in [4.78, 5) is 25.5. The molecule has 1 aromatic carbocycles. The fourth-order valence-electron chi connectivity index (χ4n) is 4.83. The standard InChI is InChI=1S/C22H26Cl2N6O/c23-16-13-18-19(14-17(16)24)27-22(26-18)20-3-1-8-29(20)21(31)6-12-28-10-4-15(5-11-28)30-9-2-7-25-30/h2,7,9,13-15,20H,1,3-6,8,10-12H2,(H,26,27)/t20-/m0/s1. The van der Waals surface area contributed by atoms with Crippen molar-refractivity contribution >= 4 is 40.1 Å². The first kappa shape index (κ1) is 20.8. The number of likely N-dealkylation sites (tertiary alicyclic amines) is 2. The van der Waals surface area contributed by atoms with Crippen molar-refractivity contribution in [1.29, 1.82) is 0 Å². The number of imidazole rings is 1. The van der Waals surface area contributed by atoms with Crippen molar-refractivity contribution in [2.24, 2.45) is 0 Å². The van der Waals surface area contributed by atoms with Gasteiger partial charge in [-0.05, 0) is 43.9 Å². The number of aromatic amines is 1. The van der Waals surface area contributed by atoms with Crippen molar-refractivity contribution in [3.8, 4) is 0 Å². The number of carbonyl (C=O) groups excluding carboxylic acids is 1. The summed E-state index contributed by atoms with van der Waals surface area (Å²) in [6.07, 6.45) is 8.48. The lowest BCUT2D eigenvalue weighted by molar-refractivity contribution is -0.132. The molecule has 2 aromatic heterocycles. The van der Waals surface area contributed by atoms with Gasteiger partial charge < -0.3 is 14.8 Å². The van der Waals surface area contributed by atoms with Gasteiger partial charge in [-0.15, -0.1) is 0 Å². The summed E-state index contributed by atoms with van der Waals surface area (Å²) in [5.41, 5.74) is 1.63. The third-order valence-electron chi connectivity index (χ3n) is 6.53. The maximum atomic E-state index is 13.0. The topological polar surface area (TPSA) is 70.1 Å². The Balaban J connectivity index is 1.19. The number of rotatable bonds is 5. The molecule has 0 aliphatic carbocycles. The number of carbonyl (C=O) groups is 1. The zero-order chi connectivity index (χ0) is 21.4. The monoisotopic (exact) mass is 460 g/mol. The molecule has 2 fully saturated rings. The van der Waals surface area contributed by atoms with E-state index in [0.717, 1.165) is 68.7 Å². The minimum atomic E-state index is -0.0111. The van der Waals surface area contributed by atoms with Gasteiger partial charge in [-0.2, -0.15) is 5.10 Å². The van der Waals surface area contributed by atoms with Crippen molar-refractivity contribution in [2.45, 2.75) is 44.2 Å². The molecule has 4 heterocycles. The maximum Gasteiger partial charge on any atom is 0.224 e. The highest BCUT2D eigenvalue weighted by atomic mass is 35.5. The normalized spacial score (nSPS) is 20.7. The highest BCUT2D eigenvalue weighted by Gasteiger charge is 2.32. The first-order valence-corrected chi connectivity index (χ1v) is 11.7. The van der Waals surface area contributed by atoms with Gasteiger partial charge in [0.05, 0.1) is 33.2 Å². The predicted octanol–water partition coefficient (Wildman–Crippen LogP) is 4.46. The second-order valence-electron chi connectivity index (χ2n) is 8.46. The molecule has 1 atom stereocenters. The second kappa shape index (κ2) is 8.81. The van der Waals surface area contributed by atoms with Crippen LogP contribution in [0.1, 0.15) is 50.0 Å². The molecule has 5 rings (SSSR count). The van der Waals surface area contributed by atoms with Gasteiger partial charge in [-0.1, -0.05) is 23.2 Å². The predicted molar refractivity (Wildman–Crippen MR) is 121 cm³/mol. The van der Waals surface area contributed by atoms with E-state index in [9.17, 15) is 4.79 Å². The van der Waals surface area contributed by atoms with Crippen LogP contribution in [-0.4, -0.2) is 61.6 Å². The fourth-order valence-corrected chi connectivity index (χ4v) is 5.16. The quantitative estimate of drug-likeness (QED) is 0.609. The number of hydrogen-bond acceptors (Lipinski definition) is 4. The molecule has 31 heavy (non-hydrogen) atoms. The van der Waals surface area contributed by atoms with E-state index in [-0.39, 0.29) is 11.9 Å². The summed E-state index contributed by atoms with van der Waals surface area (Å²) in [5, 5.41) is 5.36. The average molecular weight is 461 g/mol. The minimum absolute atomic E-state index is 0.0111. The highest BCUT2D eigenvalue weighted by molar-refractivity contribution is 6.42. The van der Waals surface area contributed by atoms with Crippen LogP contribution >= 0.6 is 23.2 Å². The Bertz CT molecular complexity index is 1020. The molecule has 2 aliphatic rings. The van der Waals surface area contributed by atoms with Gasteiger partial charge in [0.15, 0.2) is 0 Å². The lowest BCUT2D eigenvalue weighted by atomic mass is 10.1. The smallest absolute Gasteiger partial charge is 0.224 e. The number of fused-ring (bicyclic) bond motifs is 1. The molecule has 0 saturated carbocycles. The Labute approximate surface area is 191 Å². The molecule has 1 amide bonds. The first-order valence-electron chi connectivity index (χ1n) is 10.9. The van der Waals surface area contributed by atoms with E-state index < -0.39 is 0 Å². The van der Waals surface area contributed by atoms with Gasteiger partial charge in [0.2, 0.25) is 5.91 Å². The van der Waals surface area contributed by atoms with Gasteiger partial charge in [-0.3, -0.25) is 9.48 Å². The SMILES string of the molecule is O=C(CCN1CCC(n2cccn2)CC1)N1CCC[C@H]1c1nc2cc(Cl)c(Cl)cc2[nH]1. The van der Waals surface area contributed by atoms with E-state index in [1.165, 1.54) is 0 Å². The summed E-state index contributed by atoms with van der Waals surface area (Å²) in [6.45, 7) is 3.60. The molecular formula is C22H26Cl2N6O. The van der Waals surface area contributed by atoms with Gasteiger partial charge in [0.1, 0.15) is 5.82 Å². The zero-order valence-electron chi connectivity index (χ0n) is 17.3. The number of hydrogen-bond donors (Lipinski definition) is 1. The van der Waals surface area contributed by atoms with Crippen molar-refractivity contribution in [1.82, 2.24) is 29.5 Å². The molecule has 0 spiro atoms. The van der Waals surface area contributed by atoms with Crippen molar-refractivity contribution in [3.63, 3.8) is 0 Å². The van der Waals surface area contributed by atoms with Crippen LogP contribution in [0, 0.1) is 0 Å². The van der Waals surface area contributed by atoms with E-state index in [1.54, 1.807) is 12.1 Å². The van der Waals surface area contributed by atoms with Gasteiger partial charge >= 0.3 is 0 Å². The molecule has 164 valence electrons. The third kappa shape index (κ3) is 4.31. The number of H-pyrrole nitrogens is 1. The van der Waals surface area contributed by atoms with Crippen LogP contribution < -0.4 is 0 Å². The zero-order valence-corrected chi connectivity index (χ0v) is 18.8. The van der Waals surface area contributed by atoms with Gasteiger partial charge in [0, 0.05) is 45.0 Å². The summed E-state index contributed by atoms with van der Waals surface area (Å²) in [5.74, 6) is 1.02. The molecule has 0 bridgehead atoms. The fraction of sp³-hybridized carbons (Fsp3) is 0.500. The third-order valence-corrected chi connectivity index (χ3v) is 7.25. The number of nitrogens with zero attached hydrogens (tertiary/aromatic N) is 5. The van der Waals surface area contributed by atoms with E-state index in [4.69, 9.17) is 28.2 Å². The summed E-state index contributed by atoms with van der Waals surface area (Å²) in [7, 11) is 0. The summed E-state index contributed by atoms with van der Waals surface area (Å²) >= 11 is 12.3. The Kier molecular flexibility index (Phi) is 5.91. The summed E-state index contributed by atoms with van der Waals surface area (Å²) < 4.78 is 2.06. The molecule has 0 unspecified atom stereocenters. The Hall–Kier alpha value is -2.09. The summed E-state index contributed by atoms with van der Waals surface area (Å²) in [6, 6.07) is 6.00. The number of benzene rings is 1. The largest absolute Gasteiger partial charge is 0.340 e. The Morgan fingerprint density at radius 1 is 1.13 bits per heavy atom. The number of aromatic nitrogens is 4. The lowest BCUT2D eigenvalue weighted by Gasteiger charge is -2.32. The lowest BCUT2D eigenvalue weighted by Crippen LogP contribution is -2.38. The molecule has 3 aromatic rings. The number of nitrogens with one attached hydrogen (secondary N) is 1. The van der Waals surface area contributed by atoms with Crippen LogP contribution in [0.4, 0.5) is 0 Å². The van der Waals surface area contributed by atoms with Crippen LogP contribution in [-0.2, 0) is 4.79 Å². The number of halogens is 2. The van der Waals surface area contributed by atoms with E-state index >= 15 is 0 Å². The molecule has 2 saturated heterocycles. The minimum Gasteiger partial charge on any atom is -0.340 e. The van der Waals surface area contributed by atoms with E-state index in [2.05, 4.69) is 19.7 Å². The number of amides is 1. The Morgan fingerprint density at radius 2 is 1.94 bits per heavy atom. The van der Waals surface area contributed by atoms with Crippen LogP contribution in [0.15, 0.2) is 30.6 Å². The van der Waals surface area contributed by atoms with Crippen LogP contribution in [0.2, 0.25) is 10.0 Å². The van der Waals surface area contributed by atoms with E-state index in [0.29, 0.717) is 22.5 Å². The van der Waals surface area contributed by atoms with Crippen LogP contribution in [0.5, 0.6) is 0 Å². The maximum absolute atomic E-state index is 13.0. The van der Waals surface area contributed by atoms with Crippen molar-refractivity contribution in [2.75, 3.05) is 26.2 Å². The van der Waals surface area contributed by atoms with Crippen molar-refractivity contribution in [3.05, 3.63) is 46.5 Å². The van der Waals surface area contributed by atoms with Crippen molar-refractivity contribution < 1.29 is 4.79 Å². The average Bonchev–Trinajstić information content (AvgIpc) is 3.53. The molecule has 7 nitrogen and oxygen atoms in total. The Morgan fingerprint density at radius 3 is 2.71 bits per heavy atom. The highest BCUT2D eigenvalue weighted by Crippen LogP contribution is 2.34. The molecular weight excluding hydrogens is 435 g/mol. The molecule has 2 aliphatic heterocycles. The molecule has 0 radical (unpaired) electrons.